The van der Waals surface area contributed by atoms with Crippen LogP contribution in [0.25, 0.3) is 11.0 Å². The van der Waals surface area contributed by atoms with Gasteiger partial charge in [-0.15, -0.1) is 0 Å². The van der Waals surface area contributed by atoms with Gasteiger partial charge >= 0.3 is 0 Å². The first kappa shape index (κ1) is 11.2. The largest absolute Gasteiger partial charge is 0.458 e. The number of furan rings is 1. The summed E-state index contributed by atoms with van der Waals surface area (Å²) in [6, 6.07) is 4.05. The Morgan fingerprint density at radius 2 is 2.07 bits per heavy atom. The molecule has 1 aromatic heterocycles. The van der Waals surface area contributed by atoms with Gasteiger partial charge in [0.25, 0.3) is 0 Å². The van der Waals surface area contributed by atoms with Gasteiger partial charge in [0.15, 0.2) is 0 Å². The van der Waals surface area contributed by atoms with Gasteiger partial charge in [0.05, 0.1) is 11.0 Å². The molecule has 0 aliphatic rings. The van der Waals surface area contributed by atoms with Crippen molar-refractivity contribution >= 4 is 42.8 Å². The van der Waals surface area contributed by atoms with E-state index in [1.807, 2.05) is 6.07 Å². The molecule has 2 nitrogen and oxygen atoms in total. The third kappa shape index (κ3) is 1.86. The van der Waals surface area contributed by atoms with Crippen molar-refractivity contribution in [2.75, 3.05) is 0 Å². The molecule has 0 aliphatic carbocycles. The molecule has 0 unspecified atom stereocenters. The average molecular weight is 333 g/mol. The zero-order chi connectivity index (χ0) is 11.0. The Morgan fingerprint density at radius 3 is 2.67 bits per heavy atom. The number of fused-ring (bicyclic) bond motifs is 1. The standard InChI is InChI=1S/C11H11Br2NO/c1-2-7-8-3-6(12)4-9(13)11(8)15-10(7)5-14/h3-4H,2,5,14H2,1H3. The fourth-order valence-electron chi connectivity index (χ4n) is 1.78. The van der Waals surface area contributed by atoms with Gasteiger partial charge in [-0.05, 0) is 34.5 Å². The maximum atomic E-state index is 5.73. The Hall–Kier alpha value is -0.320. The third-order valence-electron chi connectivity index (χ3n) is 2.43. The van der Waals surface area contributed by atoms with E-state index in [0.29, 0.717) is 6.54 Å². The van der Waals surface area contributed by atoms with E-state index in [4.69, 9.17) is 10.2 Å². The molecule has 0 aliphatic heterocycles. The summed E-state index contributed by atoms with van der Waals surface area (Å²) < 4.78 is 7.73. The molecule has 0 saturated heterocycles. The summed E-state index contributed by atoms with van der Waals surface area (Å²) in [5.41, 5.74) is 7.75. The molecule has 4 heteroatoms. The molecule has 2 N–H and O–H groups in total. The van der Waals surface area contributed by atoms with E-state index in [1.54, 1.807) is 0 Å². The highest BCUT2D eigenvalue weighted by Crippen LogP contribution is 2.34. The second-order valence-electron chi connectivity index (χ2n) is 3.33. The summed E-state index contributed by atoms with van der Waals surface area (Å²) in [5, 5.41) is 1.14. The lowest BCUT2D eigenvalue weighted by molar-refractivity contribution is 0.545. The fraction of sp³-hybridized carbons (Fsp3) is 0.273. The van der Waals surface area contributed by atoms with E-state index in [-0.39, 0.29) is 0 Å². The molecule has 15 heavy (non-hydrogen) atoms. The third-order valence-corrected chi connectivity index (χ3v) is 3.48. The summed E-state index contributed by atoms with van der Waals surface area (Å²) in [6.45, 7) is 2.56. The van der Waals surface area contributed by atoms with Crippen LogP contribution < -0.4 is 5.73 Å². The summed E-state index contributed by atoms with van der Waals surface area (Å²) >= 11 is 6.96. The van der Waals surface area contributed by atoms with Crippen molar-refractivity contribution in [3.63, 3.8) is 0 Å². The highest BCUT2D eigenvalue weighted by molar-refractivity contribution is 9.11. The second-order valence-corrected chi connectivity index (χ2v) is 5.10. The van der Waals surface area contributed by atoms with E-state index in [9.17, 15) is 0 Å². The number of nitrogens with two attached hydrogens (primary N) is 1. The van der Waals surface area contributed by atoms with E-state index in [0.717, 1.165) is 32.1 Å². The Balaban J connectivity index is 2.82. The van der Waals surface area contributed by atoms with Crippen LogP contribution in [-0.2, 0) is 13.0 Å². The van der Waals surface area contributed by atoms with Crippen LogP contribution in [0.4, 0.5) is 0 Å². The Morgan fingerprint density at radius 1 is 1.33 bits per heavy atom. The number of aryl methyl sites for hydroxylation is 1. The van der Waals surface area contributed by atoms with Crippen LogP contribution in [0.3, 0.4) is 0 Å². The molecule has 1 heterocycles. The van der Waals surface area contributed by atoms with Crippen molar-refractivity contribution in [1.29, 1.82) is 0 Å². The first-order valence-corrected chi connectivity index (χ1v) is 6.35. The Labute approximate surface area is 105 Å². The quantitative estimate of drug-likeness (QED) is 0.903. The summed E-state index contributed by atoms with van der Waals surface area (Å²) in [7, 11) is 0. The molecule has 0 fully saturated rings. The van der Waals surface area contributed by atoms with Gasteiger partial charge in [0, 0.05) is 15.4 Å². The minimum absolute atomic E-state index is 0.446. The van der Waals surface area contributed by atoms with Crippen LogP contribution >= 0.6 is 31.9 Å². The van der Waals surface area contributed by atoms with Gasteiger partial charge in [0.2, 0.25) is 0 Å². The number of hydrogen-bond acceptors (Lipinski definition) is 2. The zero-order valence-corrected chi connectivity index (χ0v) is 11.5. The Bertz CT molecular complexity index is 505. The van der Waals surface area contributed by atoms with Crippen LogP contribution in [0.5, 0.6) is 0 Å². The van der Waals surface area contributed by atoms with Crippen molar-refractivity contribution in [2.45, 2.75) is 19.9 Å². The molecular formula is C11H11Br2NO. The van der Waals surface area contributed by atoms with Crippen LogP contribution in [0.1, 0.15) is 18.2 Å². The van der Waals surface area contributed by atoms with Crippen LogP contribution in [-0.4, -0.2) is 0 Å². The van der Waals surface area contributed by atoms with Gasteiger partial charge in [-0.2, -0.15) is 0 Å². The minimum atomic E-state index is 0.446. The van der Waals surface area contributed by atoms with Crippen LogP contribution in [0, 0.1) is 0 Å². The Kier molecular flexibility index (Phi) is 3.19. The molecule has 0 amide bonds. The number of rotatable bonds is 2. The maximum absolute atomic E-state index is 5.73. The van der Waals surface area contributed by atoms with Gasteiger partial charge in [-0.25, -0.2) is 0 Å². The predicted molar refractivity (Wildman–Crippen MR) is 68.9 cm³/mol. The summed E-state index contributed by atoms with van der Waals surface area (Å²) in [4.78, 5) is 0. The molecule has 0 saturated carbocycles. The first-order valence-electron chi connectivity index (χ1n) is 4.76. The SMILES string of the molecule is CCc1c(CN)oc2c(Br)cc(Br)cc12. The number of hydrogen-bond donors (Lipinski definition) is 1. The molecule has 0 radical (unpaired) electrons. The number of halogens is 2. The van der Waals surface area contributed by atoms with E-state index in [1.165, 1.54) is 5.56 Å². The molecule has 80 valence electrons. The monoisotopic (exact) mass is 331 g/mol. The molecular weight excluding hydrogens is 322 g/mol. The van der Waals surface area contributed by atoms with Gasteiger partial charge < -0.3 is 10.2 Å². The van der Waals surface area contributed by atoms with E-state index >= 15 is 0 Å². The minimum Gasteiger partial charge on any atom is -0.458 e. The summed E-state index contributed by atoms with van der Waals surface area (Å²) in [5.74, 6) is 0.881. The fourth-order valence-corrected chi connectivity index (χ4v) is 3.08. The lowest BCUT2D eigenvalue weighted by atomic mass is 10.1. The molecule has 2 rings (SSSR count). The normalized spacial score (nSPS) is 11.2. The molecule has 2 aromatic rings. The lowest BCUT2D eigenvalue weighted by Gasteiger charge is -1.96. The lowest BCUT2D eigenvalue weighted by Crippen LogP contribution is -1.97. The van der Waals surface area contributed by atoms with Crippen LogP contribution in [0.2, 0.25) is 0 Å². The van der Waals surface area contributed by atoms with Crippen molar-refractivity contribution in [1.82, 2.24) is 0 Å². The van der Waals surface area contributed by atoms with E-state index in [2.05, 4.69) is 44.8 Å². The van der Waals surface area contributed by atoms with E-state index < -0.39 is 0 Å². The topological polar surface area (TPSA) is 39.2 Å². The summed E-state index contributed by atoms with van der Waals surface area (Å²) in [6.07, 6.45) is 0.933. The highest BCUT2D eigenvalue weighted by Gasteiger charge is 2.14. The highest BCUT2D eigenvalue weighted by atomic mass is 79.9. The zero-order valence-electron chi connectivity index (χ0n) is 8.31. The average Bonchev–Trinajstić information content (AvgIpc) is 2.55. The maximum Gasteiger partial charge on any atom is 0.148 e. The predicted octanol–water partition coefficient (Wildman–Crippen LogP) is 3.98. The first-order chi connectivity index (χ1) is 7.17. The second kappa shape index (κ2) is 4.28. The van der Waals surface area contributed by atoms with Crippen molar-refractivity contribution < 1.29 is 4.42 Å². The van der Waals surface area contributed by atoms with Gasteiger partial charge in [-0.3, -0.25) is 0 Å². The molecule has 0 atom stereocenters. The van der Waals surface area contributed by atoms with Gasteiger partial charge in [-0.1, -0.05) is 22.9 Å². The van der Waals surface area contributed by atoms with Gasteiger partial charge in [0.1, 0.15) is 11.3 Å². The van der Waals surface area contributed by atoms with Crippen molar-refractivity contribution in [2.24, 2.45) is 5.73 Å². The smallest absolute Gasteiger partial charge is 0.148 e. The molecule has 1 aromatic carbocycles. The van der Waals surface area contributed by atoms with Crippen molar-refractivity contribution in [3.8, 4) is 0 Å². The molecule has 0 spiro atoms. The molecule has 0 bridgehead atoms. The number of benzene rings is 1. The van der Waals surface area contributed by atoms with Crippen LogP contribution in [0.15, 0.2) is 25.5 Å². The van der Waals surface area contributed by atoms with Crippen molar-refractivity contribution in [3.05, 3.63) is 32.4 Å².